The van der Waals surface area contributed by atoms with E-state index in [1.165, 1.54) is 5.56 Å². The fourth-order valence-electron chi connectivity index (χ4n) is 2.47. The quantitative estimate of drug-likeness (QED) is 0.709. The number of hydrogen-bond acceptors (Lipinski definition) is 4. The molecular formula is C17H29NO3. The molecule has 0 radical (unpaired) electrons. The molecule has 1 aromatic rings. The van der Waals surface area contributed by atoms with Crippen LogP contribution in [0.2, 0.25) is 0 Å². The summed E-state index contributed by atoms with van der Waals surface area (Å²) in [7, 11) is 1.71. The largest absolute Gasteiger partial charge is 0.496 e. The van der Waals surface area contributed by atoms with Gasteiger partial charge in [0.05, 0.1) is 13.2 Å². The minimum absolute atomic E-state index is 0.0517. The number of hydrogen-bond donors (Lipinski definition) is 1. The molecule has 1 unspecified atom stereocenters. The molecule has 0 saturated heterocycles. The second kappa shape index (κ2) is 9.03. The Hall–Kier alpha value is -1.10. The lowest BCUT2D eigenvalue weighted by molar-refractivity contribution is -0.155. The zero-order valence-electron chi connectivity index (χ0n) is 14.2. The van der Waals surface area contributed by atoms with Crippen LogP contribution in [-0.2, 0) is 9.47 Å². The minimum Gasteiger partial charge on any atom is -0.496 e. The van der Waals surface area contributed by atoms with Crippen molar-refractivity contribution in [2.75, 3.05) is 26.9 Å². The molecule has 0 fully saturated rings. The molecule has 4 heteroatoms. The summed E-state index contributed by atoms with van der Waals surface area (Å²) in [5.74, 6) is 0.908. The SMILES string of the molecule is CCNC(c1ccc(C)c(C)c1OC)C(OCC)OCC. The van der Waals surface area contributed by atoms with Crippen molar-refractivity contribution in [3.63, 3.8) is 0 Å². The summed E-state index contributed by atoms with van der Waals surface area (Å²) in [6.07, 6.45) is -0.323. The first-order chi connectivity index (χ1) is 10.1. The van der Waals surface area contributed by atoms with Crippen molar-refractivity contribution >= 4 is 0 Å². The lowest BCUT2D eigenvalue weighted by atomic mass is 9.98. The molecule has 21 heavy (non-hydrogen) atoms. The smallest absolute Gasteiger partial charge is 0.176 e. The second-order valence-electron chi connectivity index (χ2n) is 4.94. The summed E-state index contributed by atoms with van der Waals surface area (Å²) >= 11 is 0. The predicted molar refractivity (Wildman–Crippen MR) is 85.9 cm³/mol. The van der Waals surface area contributed by atoms with Gasteiger partial charge in [-0.05, 0) is 45.4 Å². The molecule has 1 aromatic carbocycles. The van der Waals surface area contributed by atoms with Gasteiger partial charge >= 0.3 is 0 Å². The van der Waals surface area contributed by atoms with Crippen molar-refractivity contribution in [3.8, 4) is 5.75 Å². The molecule has 0 aliphatic rings. The van der Waals surface area contributed by atoms with Gasteiger partial charge in [-0.15, -0.1) is 0 Å². The number of benzene rings is 1. The van der Waals surface area contributed by atoms with Crippen molar-refractivity contribution in [2.45, 2.75) is 47.0 Å². The van der Waals surface area contributed by atoms with Crippen LogP contribution < -0.4 is 10.1 Å². The van der Waals surface area contributed by atoms with Crippen molar-refractivity contribution in [2.24, 2.45) is 0 Å². The van der Waals surface area contributed by atoms with E-state index < -0.39 is 0 Å². The molecule has 0 saturated carbocycles. The van der Waals surface area contributed by atoms with E-state index in [1.807, 2.05) is 13.8 Å². The first-order valence-corrected chi connectivity index (χ1v) is 7.71. The molecule has 1 N–H and O–H groups in total. The van der Waals surface area contributed by atoms with Gasteiger partial charge in [0.15, 0.2) is 6.29 Å². The van der Waals surface area contributed by atoms with Gasteiger partial charge in [-0.2, -0.15) is 0 Å². The van der Waals surface area contributed by atoms with Crippen LogP contribution in [0.3, 0.4) is 0 Å². The maximum absolute atomic E-state index is 5.78. The molecule has 0 aromatic heterocycles. The van der Waals surface area contributed by atoms with Crippen LogP contribution in [0.15, 0.2) is 12.1 Å². The molecule has 0 aliphatic heterocycles. The third-order valence-corrected chi connectivity index (χ3v) is 3.60. The maximum Gasteiger partial charge on any atom is 0.176 e. The Morgan fingerprint density at radius 3 is 2.14 bits per heavy atom. The molecule has 0 heterocycles. The Kier molecular flexibility index (Phi) is 7.72. The molecule has 4 nitrogen and oxygen atoms in total. The van der Waals surface area contributed by atoms with Gasteiger partial charge in [0, 0.05) is 18.8 Å². The Balaban J connectivity index is 3.23. The number of ether oxygens (including phenoxy) is 3. The Labute approximate surface area is 128 Å². The van der Waals surface area contributed by atoms with Gasteiger partial charge < -0.3 is 19.5 Å². The van der Waals surface area contributed by atoms with Crippen LogP contribution in [0.4, 0.5) is 0 Å². The lowest BCUT2D eigenvalue weighted by Gasteiger charge is -2.29. The molecule has 120 valence electrons. The van der Waals surface area contributed by atoms with E-state index in [9.17, 15) is 0 Å². The highest BCUT2D eigenvalue weighted by Gasteiger charge is 2.27. The highest BCUT2D eigenvalue weighted by molar-refractivity contribution is 5.47. The third kappa shape index (κ3) is 4.43. The van der Waals surface area contributed by atoms with Crippen LogP contribution in [0, 0.1) is 13.8 Å². The van der Waals surface area contributed by atoms with Crippen molar-refractivity contribution in [3.05, 3.63) is 28.8 Å². The first-order valence-electron chi connectivity index (χ1n) is 7.71. The molecular weight excluding hydrogens is 266 g/mol. The summed E-state index contributed by atoms with van der Waals surface area (Å²) in [4.78, 5) is 0. The molecule has 0 spiro atoms. The van der Waals surface area contributed by atoms with E-state index in [-0.39, 0.29) is 12.3 Å². The predicted octanol–water partition coefficient (Wildman–Crippen LogP) is 3.36. The molecule has 0 amide bonds. The van der Waals surface area contributed by atoms with E-state index in [0.29, 0.717) is 13.2 Å². The molecule has 0 aliphatic carbocycles. The van der Waals surface area contributed by atoms with Crippen LogP contribution in [0.5, 0.6) is 5.75 Å². The lowest BCUT2D eigenvalue weighted by Crippen LogP contribution is -2.36. The Morgan fingerprint density at radius 1 is 1.05 bits per heavy atom. The average molecular weight is 295 g/mol. The second-order valence-corrected chi connectivity index (χ2v) is 4.94. The van der Waals surface area contributed by atoms with Crippen LogP contribution in [0.1, 0.15) is 43.5 Å². The average Bonchev–Trinajstić information content (AvgIpc) is 2.47. The monoisotopic (exact) mass is 295 g/mol. The number of aryl methyl sites for hydroxylation is 1. The Bertz CT molecular complexity index is 428. The zero-order chi connectivity index (χ0) is 15.8. The normalized spacial score (nSPS) is 12.7. The topological polar surface area (TPSA) is 39.7 Å². The summed E-state index contributed by atoms with van der Waals surface area (Å²) in [6, 6.07) is 4.16. The van der Waals surface area contributed by atoms with Gasteiger partial charge in [0.25, 0.3) is 0 Å². The molecule has 1 rings (SSSR count). The van der Waals surface area contributed by atoms with Crippen LogP contribution >= 0.6 is 0 Å². The standard InChI is InChI=1S/C17H29NO3/c1-7-18-15(17(20-8-2)21-9-3)14-11-10-12(4)13(5)16(14)19-6/h10-11,15,17-18H,7-9H2,1-6H3. The number of nitrogens with one attached hydrogen (secondary N) is 1. The van der Waals surface area contributed by atoms with Crippen LogP contribution in [-0.4, -0.2) is 33.2 Å². The van der Waals surface area contributed by atoms with E-state index in [4.69, 9.17) is 14.2 Å². The highest BCUT2D eigenvalue weighted by Crippen LogP contribution is 2.33. The minimum atomic E-state index is -0.323. The summed E-state index contributed by atoms with van der Waals surface area (Å²) < 4.78 is 17.2. The molecule has 0 bridgehead atoms. The third-order valence-electron chi connectivity index (χ3n) is 3.60. The van der Waals surface area contributed by atoms with Crippen molar-refractivity contribution in [1.82, 2.24) is 5.32 Å². The summed E-state index contributed by atoms with van der Waals surface area (Å²) in [6.45, 7) is 12.3. The first kappa shape index (κ1) is 18.0. The van der Waals surface area contributed by atoms with Gasteiger partial charge in [-0.25, -0.2) is 0 Å². The fraction of sp³-hybridized carbons (Fsp3) is 0.647. The van der Waals surface area contributed by atoms with Gasteiger partial charge in [-0.3, -0.25) is 0 Å². The van der Waals surface area contributed by atoms with Gasteiger partial charge in [0.2, 0.25) is 0 Å². The van der Waals surface area contributed by atoms with Crippen molar-refractivity contribution in [1.29, 1.82) is 0 Å². The Morgan fingerprint density at radius 2 is 1.67 bits per heavy atom. The number of likely N-dealkylation sites (N-methyl/N-ethyl adjacent to an activating group) is 1. The summed E-state index contributed by atoms with van der Waals surface area (Å²) in [5, 5.41) is 3.46. The van der Waals surface area contributed by atoms with E-state index in [0.717, 1.165) is 23.4 Å². The van der Waals surface area contributed by atoms with Gasteiger partial charge in [-0.1, -0.05) is 19.1 Å². The number of methoxy groups -OCH3 is 1. The molecule has 1 atom stereocenters. The number of rotatable bonds is 9. The van der Waals surface area contributed by atoms with E-state index in [2.05, 4.69) is 38.2 Å². The zero-order valence-corrected chi connectivity index (χ0v) is 14.2. The van der Waals surface area contributed by atoms with Gasteiger partial charge in [0.1, 0.15) is 5.75 Å². The fourth-order valence-corrected chi connectivity index (χ4v) is 2.47. The maximum atomic E-state index is 5.78. The van der Waals surface area contributed by atoms with Crippen molar-refractivity contribution < 1.29 is 14.2 Å². The summed E-state index contributed by atoms with van der Waals surface area (Å²) in [5.41, 5.74) is 3.45. The highest BCUT2D eigenvalue weighted by atomic mass is 16.7. The van der Waals surface area contributed by atoms with E-state index in [1.54, 1.807) is 7.11 Å². The van der Waals surface area contributed by atoms with Crippen LogP contribution in [0.25, 0.3) is 0 Å². The van der Waals surface area contributed by atoms with E-state index >= 15 is 0 Å².